The number of nitrogens with one attached hydrogen (secondary N) is 1. The molecular weight excluding hydrogens is 244 g/mol. The topological polar surface area (TPSA) is 69.6 Å². The fourth-order valence-corrected chi connectivity index (χ4v) is 2.91. The summed E-state index contributed by atoms with van der Waals surface area (Å²) in [5.41, 5.74) is 1.74. The second-order valence-corrected chi connectivity index (χ2v) is 5.37. The number of carboxylic acids is 1. The average Bonchev–Trinajstić information content (AvgIpc) is 2.38. The Morgan fingerprint density at radius 1 is 1.47 bits per heavy atom. The smallest absolute Gasteiger partial charge is 0.335 e. The number of fused-ring (bicyclic) bond motifs is 3. The fraction of sp³-hybridized carbons (Fsp3) is 0.429. The maximum Gasteiger partial charge on any atom is 0.335 e. The van der Waals surface area contributed by atoms with E-state index >= 15 is 0 Å². The number of carbonyl (C=O) groups excluding carboxylic acids is 1. The van der Waals surface area contributed by atoms with Gasteiger partial charge in [0.25, 0.3) is 0 Å². The molecule has 1 fully saturated rings. The highest BCUT2D eigenvalue weighted by Crippen LogP contribution is 2.37. The zero-order valence-corrected chi connectivity index (χ0v) is 10.7. The van der Waals surface area contributed by atoms with Crippen LogP contribution in [0.15, 0.2) is 18.2 Å². The first-order chi connectivity index (χ1) is 9.06. The van der Waals surface area contributed by atoms with Gasteiger partial charge in [-0.2, -0.15) is 0 Å². The molecule has 0 aromatic heterocycles. The number of piperidine rings is 1. The maximum absolute atomic E-state index is 12.1. The van der Waals surface area contributed by atoms with Crippen LogP contribution in [-0.4, -0.2) is 29.6 Å². The number of carboxylic acid groups (broad SMARTS) is 1. The molecule has 5 heteroatoms. The van der Waals surface area contributed by atoms with Crippen LogP contribution in [0, 0.1) is 5.92 Å². The van der Waals surface area contributed by atoms with E-state index in [-0.39, 0.29) is 17.5 Å². The van der Waals surface area contributed by atoms with Crippen LogP contribution in [0.4, 0.5) is 11.4 Å². The number of carbonyl (C=O) groups is 2. The Hall–Kier alpha value is -2.04. The lowest BCUT2D eigenvalue weighted by Gasteiger charge is -2.43. The second-order valence-electron chi connectivity index (χ2n) is 5.37. The molecule has 1 amide bonds. The van der Waals surface area contributed by atoms with Crippen molar-refractivity contribution in [2.24, 2.45) is 5.92 Å². The van der Waals surface area contributed by atoms with Crippen molar-refractivity contribution in [3.8, 4) is 0 Å². The zero-order valence-electron chi connectivity index (χ0n) is 10.7. The number of hydrogen-bond donors (Lipinski definition) is 2. The minimum Gasteiger partial charge on any atom is -0.478 e. The quantitative estimate of drug-likeness (QED) is 0.809. The van der Waals surface area contributed by atoms with Crippen LogP contribution in [0.3, 0.4) is 0 Å². The summed E-state index contributed by atoms with van der Waals surface area (Å²) in [5.74, 6) is -0.458. The Kier molecular flexibility index (Phi) is 2.69. The molecule has 2 N–H and O–H groups in total. The number of benzene rings is 1. The van der Waals surface area contributed by atoms with Gasteiger partial charge in [-0.25, -0.2) is 4.79 Å². The Morgan fingerprint density at radius 2 is 2.26 bits per heavy atom. The molecule has 0 spiro atoms. The van der Waals surface area contributed by atoms with Gasteiger partial charge in [-0.05, 0) is 37.0 Å². The molecule has 1 aromatic rings. The van der Waals surface area contributed by atoms with Gasteiger partial charge in [0.1, 0.15) is 6.04 Å². The Balaban J connectivity index is 2.01. The van der Waals surface area contributed by atoms with Crippen molar-refractivity contribution in [2.45, 2.75) is 25.8 Å². The zero-order chi connectivity index (χ0) is 13.6. The van der Waals surface area contributed by atoms with Crippen molar-refractivity contribution < 1.29 is 14.7 Å². The van der Waals surface area contributed by atoms with Crippen LogP contribution < -0.4 is 10.2 Å². The monoisotopic (exact) mass is 260 g/mol. The van der Waals surface area contributed by atoms with Gasteiger partial charge in [-0.1, -0.05) is 6.92 Å². The van der Waals surface area contributed by atoms with Crippen LogP contribution in [0.1, 0.15) is 30.1 Å². The molecule has 19 heavy (non-hydrogen) atoms. The molecule has 0 radical (unpaired) electrons. The van der Waals surface area contributed by atoms with E-state index in [1.54, 1.807) is 12.1 Å². The van der Waals surface area contributed by atoms with E-state index in [4.69, 9.17) is 5.11 Å². The van der Waals surface area contributed by atoms with Gasteiger partial charge in [0, 0.05) is 6.54 Å². The largest absolute Gasteiger partial charge is 0.478 e. The fourth-order valence-electron chi connectivity index (χ4n) is 2.91. The van der Waals surface area contributed by atoms with E-state index in [2.05, 4.69) is 17.1 Å². The summed E-state index contributed by atoms with van der Waals surface area (Å²) in [6.45, 7) is 3.01. The van der Waals surface area contributed by atoms with E-state index < -0.39 is 5.97 Å². The van der Waals surface area contributed by atoms with Crippen molar-refractivity contribution in [1.29, 1.82) is 0 Å². The van der Waals surface area contributed by atoms with Gasteiger partial charge >= 0.3 is 5.97 Å². The Labute approximate surface area is 111 Å². The van der Waals surface area contributed by atoms with E-state index in [0.717, 1.165) is 25.1 Å². The van der Waals surface area contributed by atoms with Crippen LogP contribution in [0.5, 0.6) is 0 Å². The molecule has 2 aliphatic heterocycles. The number of rotatable bonds is 1. The molecular formula is C14H16N2O3. The van der Waals surface area contributed by atoms with Gasteiger partial charge in [0.15, 0.2) is 0 Å². The van der Waals surface area contributed by atoms with E-state index in [0.29, 0.717) is 11.6 Å². The minimum atomic E-state index is -0.980. The Bertz CT molecular complexity index is 556. The molecule has 2 atom stereocenters. The molecule has 0 saturated carbocycles. The van der Waals surface area contributed by atoms with E-state index in [9.17, 15) is 9.59 Å². The van der Waals surface area contributed by atoms with Crippen LogP contribution in [0.2, 0.25) is 0 Å². The average molecular weight is 260 g/mol. The summed E-state index contributed by atoms with van der Waals surface area (Å²) in [6.07, 6.45) is 1.91. The molecule has 2 unspecified atom stereocenters. The van der Waals surface area contributed by atoms with E-state index in [1.807, 2.05) is 0 Å². The molecule has 1 aromatic carbocycles. The lowest BCUT2D eigenvalue weighted by molar-refractivity contribution is -0.118. The van der Waals surface area contributed by atoms with Crippen molar-refractivity contribution in [2.75, 3.05) is 16.8 Å². The Morgan fingerprint density at radius 3 is 3.00 bits per heavy atom. The number of anilines is 2. The van der Waals surface area contributed by atoms with Crippen molar-refractivity contribution >= 4 is 23.3 Å². The lowest BCUT2D eigenvalue weighted by atomic mass is 9.89. The highest BCUT2D eigenvalue weighted by atomic mass is 16.4. The molecule has 100 valence electrons. The summed E-state index contributed by atoms with van der Waals surface area (Å²) in [6, 6.07) is 4.80. The second kappa shape index (κ2) is 4.26. The normalized spacial score (nSPS) is 25.3. The predicted octanol–water partition coefficient (Wildman–Crippen LogP) is 1.94. The van der Waals surface area contributed by atoms with Crippen LogP contribution in [0.25, 0.3) is 0 Å². The first kappa shape index (κ1) is 12.0. The molecule has 0 bridgehead atoms. The van der Waals surface area contributed by atoms with Gasteiger partial charge in [0.2, 0.25) is 5.91 Å². The lowest BCUT2D eigenvalue weighted by Crippen LogP contribution is -2.52. The maximum atomic E-state index is 12.1. The summed E-state index contributed by atoms with van der Waals surface area (Å²) >= 11 is 0. The first-order valence-corrected chi connectivity index (χ1v) is 6.51. The van der Waals surface area contributed by atoms with Gasteiger partial charge in [-0.15, -0.1) is 0 Å². The molecule has 0 aliphatic carbocycles. The molecule has 5 nitrogen and oxygen atoms in total. The number of aromatic carboxylic acids is 1. The highest BCUT2D eigenvalue weighted by molar-refractivity contribution is 6.05. The van der Waals surface area contributed by atoms with Crippen molar-refractivity contribution in [3.05, 3.63) is 23.8 Å². The number of hydrogen-bond acceptors (Lipinski definition) is 3. The number of nitrogens with zero attached hydrogens (tertiary/aromatic N) is 1. The third-order valence-electron chi connectivity index (χ3n) is 3.98. The third kappa shape index (κ3) is 1.95. The molecule has 2 aliphatic rings. The summed E-state index contributed by atoms with van der Waals surface area (Å²) in [4.78, 5) is 25.2. The molecule has 1 saturated heterocycles. The predicted molar refractivity (Wildman–Crippen MR) is 71.6 cm³/mol. The summed E-state index contributed by atoms with van der Waals surface area (Å²) in [5, 5.41) is 11.8. The van der Waals surface area contributed by atoms with Crippen LogP contribution >= 0.6 is 0 Å². The third-order valence-corrected chi connectivity index (χ3v) is 3.98. The van der Waals surface area contributed by atoms with Gasteiger partial charge in [0.05, 0.1) is 16.9 Å². The van der Waals surface area contributed by atoms with E-state index in [1.165, 1.54) is 6.07 Å². The van der Waals surface area contributed by atoms with Gasteiger partial charge < -0.3 is 15.3 Å². The highest BCUT2D eigenvalue weighted by Gasteiger charge is 2.36. The van der Waals surface area contributed by atoms with Crippen molar-refractivity contribution in [1.82, 2.24) is 0 Å². The minimum absolute atomic E-state index is 0.0263. The molecule has 3 rings (SSSR count). The standard InChI is InChI=1S/C14H16N2O3/c1-8-4-5-16-11-3-2-9(14(18)19)7-10(11)15-13(17)12(16)6-8/h2-3,7-8,12H,4-6H2,1H3,(H,15,17)(H,18,19). The first-order valence-electron chi connectivity index (χ1n) is 6.51. The van der Waals surface area contributed by atoms with Gasteiger partial charge in [-0.3, -0.25) is 4.79 Å². The molecule has 2 heterocycles. The van der Waals surface area contributed by atoms with Crippen LogP contribution in [-0.2, 0) is 4.79 Å². The SMILES string of the molecule is CC1CCN2c3ccc(C(=O)O)cc3NC(=O)C2C1. The number of amides is 1. The summed E-state index contributed by atoms with van der Waals surface area (Å²) in [7, 11) is 0. The van der Waals surface area contributed by atoms with Crippen molar-refractivity contribution in [3.63, 3.8) is 0 Å². The summed E-state index contributed by atoms with van der Waals surface area (Å²) < 4.78 is 0.